The van der Waals surface area contributed by atoms with Crippen LogP contribution >= 0.6 is 27.3 Å². The molecule has 3 aromatic rings. The number of benzene rings is 2. The molecule has 1 N–H and O–H groups in total. The largest absolute Gasteiger partial charge is 0.448 e. The Kier molecular flexibility index (Phi) is 5.36. The molecular formula is C22H14BrNO5S. The molecule has 1 amide bonds. The molecule has 1 aliphatic rings. The summed E-state index contributed by atoms with van der Waals surface area (Å²) in [6, 6.07) is 14.6. The van der Waals surface area contributed by atoms with Crippen LogP contribution in [0.1, 0.15) is 48.4 Å². The highest BCUT2D eigenvalue weighted by Gasteiger charge is 2.32. The van der Waals surface area contributed by atoms with Crippen molar-refractivity contribution in [3.63, 3.8) is 0 Å². The lowest BCUT2D eigenvalue weighted by Gasteiger charge is -2.21. The summed E-state index contributed by atoms with van der Waals surface area (Å²) in [5, 5.41) is 2.62. The number of carbonyl (C=O) groups excluding carboxylic acids is 4. The molecule has 8 heteroatoms. The van der Waals surface area contributed by atoms with Crippen molar-refractivity contribution in [3.05, 3.63) is 85.5 Å². The predicted molar refractivity (Wildman–Crippen MR) is 115 cm³/mol. The number of ketones is 2. The van der Waals surface area contributed by atoms with Gasteiger partial charge in [0.05, 0.1) is 15.0 Å². The number of carbonyl (C=O) groups is 4. The maximum Gasteiger partial charge on any atom is 0.349 e. The molecule has 2 aromatic carbocycles. The number of esters is 1. The third kappa shape index (κ3) is 3.59. The van der Waals surface area contributed by atoms with E-state index in [4.69, 9.17) is 4.74 Å². The van der Waals surface area contributed by atoms with E-state index >= 15 is 0 Å². The molecule has 0 spiro atoms. The van der Waals surface area contributed by atoms with Crippen LogP contribution in [0.15, 0.2) is 58.4 Å². The van der Waals surface area contributed by atoms with Gasteiger partial charge in [0, 0.05) is 16.7 Å². The molecule has 0 aliphatic heterocycles. The number of hydrogen-bond donors (Lipinski definition) is 1. The lowest BCUT2D eigenvalue weighted by molar-refractivity contribution is -0.123. The second-order valence-corrected chi connectivity index (χ2v) is 9.04. The molecule has 4 rings (SSSR count). The van der Waals surface area contributed by atoms with Crippen molar-refractivity contribution in [1.29, 1.82) is 0 Å². The van der Waals surface area contributed by atoms with Crippen LogP contribution in [0.4, 0.5) is 5.69 Å². The number of anilines is 1. The number of ether oxygens (including phenoxy) is 1. The van der Waals surface area contributed by atoms with Crippen LogP contribution in [0.5, 0.6) is 0 Å². The van der Waals surface area contributed by atoms with Gasteiger partial charge in [-0.3, -0.25) is 14.4 Å². The average Bonchev–Trinajstić information content (AvgIpc) is 3.18. The Balaban J connectivity index is 1.57. The number of hydrogen-bond acceptors (Lipinski definition) is 6. The molecule has 1 unspecified atom stereocenters. The molecule has 1 aliphatic carbocycles. The van der Waals surface area contributed by atoms with Crippen LogP contribution in [0.2, 0.25) is 0 Å². The Labute approximate surface area is 184 Å². The van der Waals surface area contributed by atoms with Crippen molar-refractivity contribution < 1.29 is 23.9 Å². The fourth-order valence-electron chi connectivity index (χ4n) is 3.18. The lowest BCUT2D eigenvalue weighted by atomic mass is 9.83. The zero-order valence-electron chi connectivity index (χ0n) is 15.6. The van der Waals surface area contributed by atoms with Gasteiger partial charge in [0.2, 0.25) is 0 Å². The average molecular weight is 484 g/mol. The Morgan fingerprint density at radius 3 is 2.27 bits per heavy atom. The topological polar surface area (TPSA) is 89.5 Å². The highest BCUT2D eigenvalue weighted by Crippen LogP contribution is 2.32. The van der Waals surface area contributed by atoms with E-state index in [2.05, 4.69) is 21.2 Å². The summed E-state index contributed by atoms with van der Waals surface area (Å²) in [6.45, 7) is 1.44. The van der Waals surface area contributed by atoms with Crippen molar-refractivity contribution in [3.8, 4) is 0 Å². The number of nitrogens with one attached hydrogen (secondary N) is 1. The minimum atomic E-state index is -1.10. The van der Waals surface area contributed by atoms with E-state index in [9.17, 15) is 19.2 Å². The Morgan fingerprint density at radius 1 is 0.933 bits per heavy atom. The molecule has 0 fully saturated rings. The molecule has 150 valence electrons. The normalized spacial score (nSPS) is 13.3. The van der Waals surface area contributed by atoms with E-state index in [0.29, 0.717) is 16.0 Å². The SMILES string of the molecule is CC(OC(=O)c1ccc(Br)s1)C(=O)Nc1cccc2c1C(=O)c1ccccc1C2=O. The molecule has 1 aromatic heterocycles. The van der Waals surface area contributed by atoms with E-state index in [1.807, 2.05) is 0 Å². The minimum Gasteiger partial charge on any atom is -0.448 e. The lowest BCUT2D eigenvalue weighted by Crippen LogP contribution is -2.31. The summed E-state index contributed by atoms with van der Waals surface area (Å²) in [5.74, 6) is -1.85. The molecular weight excluding hydrogens is 470 g/mol. The van der Waals surface area contributed by atoms with Gasteiger partial charge < -0.3 is 10.1 Å². The third-order valence-corrected chi connectivity index (χ3v) is 6.24. The number of halogens is 1. The maximum atomic E-state index is 13.0. The van der Waals surface area contributed by atoms with Gasteiger partial charge in [0.1, 0.15) is 4.88 Å². The third-order valence-electron chi connectivity index (χ3n) is 4.64. The van der Waals surface area contributed by atoms with E-state index < -0.39 is 18.0 Å². The first-order chi connectivity index (χ1) is 14.4. The van der Waals surface area contributed by atoms with Crippen molar-refractivity contribution in [2.75, 3.05) is 5.32 Å². The van der Waals surface area contributed by atoms with E-state index in [1.54, 1.807) is 54.6 Å². The summed E-state index contributed by atoms with van der Waals surface area (Å²) in [5.41, 5.74) is 1.19. The fourth-order valence-corrected chi connectivity index (χ4v) is 4.45. The first-order valence-electron chi connectivity index (χ1n) is 8.95. The number of rotatable bonds is 4. The second-order valence-electron chi connectivity index (χ2n) is 6.57. The Hall–Kier alpha value is -3.10. The second kappa shape index (κ2) is 7.97. The van der Waals surface area contributed by atoms with Crippen LogP contribution in [0, 0.1) is 0 Å². The highest BCUT2D eigenvalue weighted by atomic mass is 79.9. The van der Waals surface area contributed by atoms with Crippen LogP contribution in [0.3, 0.4) is 0 Å². The van der Waals surface area contributed by atoms with Gasteiger partial charge in [-0.15, -0.1) is 11.3 Å². The van der Waals surface area contributed by atoms with Crippen molar-refractivity contribution >= 4 is 56.4 Å². The van der Waals surface area contributed by atoms with Crippen LogP contribution < -0.4 is 5.32 Å². The van der Waals surface area contributed by atoms with E-state index in [1.165, 1.54) is 18.3 Å². The van der Waals surface area contributed by atoms with E-state index in [0.717, 1.165) is 3.79 Å². The highest BCUT2D eigenvalue weighted by molar-refractivity contribution is 9.11. The summed E-state index contributed by atoms with van der Waals surface area (Å²) >= 11 is 4.46. The van der Waals surface area contributed by atoms with Gasteiger partial charge >= 0.3 is 5.97 Å². The number of amides is 1. The van der Waals surface area contributed by atoms with E-state index in [-0.39, 0.29) is 28.4 Å². The van der Waals surface area contributed by atoms with Crippen LogP contribution in [-0.2, 0) is 9.53 Å². The standard InChI is InChI=1S/C22H14BrNO5S/c1-11(29-22(28)16-9-10-17(23)30-16)21(27)24-15-8-4-7-14-18(15)20(26)13-6-3-2-5-12(13)19(14)25/h2-11H,1H3,(H,24,27). The molecule has 1 heterocycles. The molecule has 0 saturated carbocycles. The van der Waals surface area contributed by atoms with Gasteiger partial charge in [0.25, 0.3) is 5.91 Å². The van der Waals surface area contributed by atoms with Gasteiger partial charge in [-0.25, -0.2) is 4.79 Å². The first-order valence-corrected chi connectivity index (χ1v) is 10.6. The zero-order chi connectivity index (χ0) is 21.4. The minimum absolute atomic E-state index is 0.135. The van der Waals surface area contributed by atoms with Crippen molar-refractivity contribution in [1.82, 2.24) is 0 Å². The molecule has 6 nitrogen and oxygen atoms in total. The van der Waals surface area contributed by atoms with Gasteiger partial charge in [-0.05, 0) is 41.1 Å². The maximum absolute atomic E-state index is 13.0. The quantitative estimate of drug-likeness (QED) is 0.432. The van der Waals surface area contributed by atoms with Crippen molar-refractivity contribution in [2.45, 2.75) is 13.0 Å². The smallest absolute Gasteiger partial charge is 0.349 e. The molecule has 0 radical (unpaired) electrons. The van der Waals surface area contributed by atoms with Gasteiger partial charge in [-0.1, -0.05) is 36.4 Å². The Morgan fingerprint density at radius 2 is 1.60 bits per heavy atom. The van der Waals surface area contributed by atoms with Crippen molar-refractivity contribution in [2.24, 2.45) is 0 Å². The summed E-state index contributed by atoms with van der Waals surface area (Å²) < 4.78 is 5.99. The van der Waals surface area contributed by atoms with Crippen LogP contribution in [-0.4, -0.2) is 29.5 Å². The number of thiophene rings is 1. The molecule has 0 bridgehead atoms. The fraction of sp³-hybridized carbons (Fsp3) is 0.0909. The molecule has 1 atom stereocenters. The first kappa shape index (κ1) is 20.2. The summed E-state index contributed by atoms with van der Waals surface area (Å²) in [7, 11) is 0. The Bertz CT molecular complexity index is 1220. The van der Waals surface area contributed by atoms with Gasteiger partial charge in [0.15, 0.2) is 17.7 Å². The molecule has 30 heavy (non-hydrogen) atoms. The monoisotopic (exact) mass is 483 g/mol. The summed E-state index contributed by atoms with van der Waals surface area (Å²) in [6.07, 6.45) is -1.10. The molecule has 0 saturated heterocycles. The van der Waals surface area contributed by atoms with Gasteiger partial charge in [-0.2, -0.15) is 0 Å². The number of fused-ring (bicyclic) bond motifs is 2. The zero-order valence-corrected chi connectivity index (χ0v) is 18.0. The summed E-state index contributed by atoms with van der Waals surface area (Å²) in [4.78, 5) is 50.9. The predicted octanol–water partition coefficient (Wildman–Crippen LogP) is 4.47. The van der Waals surface area contributed by atoms with Crippen LogP contribution in [0.25, 0.3) is 0 Å².